The minimum atomic E-state index is -8.00. The summed E-state index contributed by atoms with van der Waals surface area (Å²) in [5, 5.41) is 16.9. The van der Waals surface area contributed by atoms with Gasteiger partial charge in [0.25, 0.3) is 6.43 Å². The van der Waals surface area contributed by atoms with Crippen LogP contribution in [0.25, 0.3) is 0 Å². The van der Waals surface area contributed by atoms with Gasteiger partial charge in [-0.1, -0.05) is 0 Å². The third kappa shape index (κ3) is 8.64. The lowest BCUT2D eigenvalue weighted by molar-refractivity contribution is -0.589. The lowest BCUT2D eigenvalue weighted by Gasteiger charge is -2.37. The Morgan fingerprint density at radius 2 is 0.619 bits per heavy atom. The number of aliphatic hydroxyl groups excluding tert-OH is 2. The second-order valence-corrected chi connectivity index (χ2v) is 6.79. The molecule has 0 saturated carbocycles. The summed E-state index contributed by atoms with van der Waals surface area (Å²) in [5.41, 5.74) is 0. The van der Waals surface area contributed by atoms with Crippen molar-refractivity contribution in [2.75, 3.05) is 6.61 Å². The van der Waals surface area contributed by atoms with Crippen molar-refractivity contribution in [3.8, 4) is 0 Å². The lowest BCUT2D eigenvalue weighted by Crippen LogP contribution is -2.62. The third-order valence-electron chi connectivity index (χ3n) is 3.58. The topological polar surface area (TPSA) is 86.6 Å². The second-order valence-electron chi connectivity index (χ2n) is 6.79. The first-order chi connectivity index (χ1) is 18.0. The molecule has 0 bridgehead atoms. The fraction of sp³-hybridized carbons (Fsp3) is 1.00. The first kappa shape index (κ1) is 40.2. The van der Waals surface area contributed by atoms with Gasteiger partial charge in [-0.2, -0.15) is 70.2 Å². The van der Waals surface area contributed by atoms with Crippen molar-refractivity contribution < 1.29 is 130 Å². The summed E-state index contributed by atoms with van der Waals surface area (Å²) in [5.74, 6) is -5.89. The van der Waals surface area contributed by atoms with E-state index in [2.05, 4.69) is 4.74 Å². The van der Waals surface area contributed by atoms with Crippen LogP contribution in [-0.2, 0) is 23.7 Å². The van der Waals surface area contributed by atoms with Crippen LogP contribution in [0.4, 0.5) is 96.6 Å². The Morgan fingerprint density at radius 3 is 0.810 bits per heavy atom. The number of hydrogen-bond acceptors (Lipinski definition) is 7. The van der Waals surface area contributed by atoms with Gasteiger partial charge >= 0.3 is 61.1 Å². The van der Waals surface area contributed by atoms with Gasteiger partial charge < -0.3 is 10.2 Å². The molecule has 0 amide bonds. The zero-order chi connectivity index (χ0) is 34.4. The van der Waals surface area contributed by atoms with Gasteiger partial charge in [0.15, 0.2) is 0 Å². The van der Waals surface area contributed by atoms with E-state index in [0.717, 1.165) is 0 Å². The molecule has 29 heteroatoms. The summed E-state index contributed by atoms with van der Waals surface area (Å²) in [6.45, 7) is -2.40. The van der Waals surface area contributed by atoms with Crippen LogP contribution in [0, 0.1) is 0 Å². The van der Waals surface area contributed by atoms with E-state index in [1.165, 1.54) is 18.9 Å². The van der Waals surface area contributed by atoms with Crippen LogP contribution in [0.2, 0.25) is 0 Å². The molecule has 0 aliphatic carbocycles. The molecule has 0 aromatic heterocycles. The first-order valence-electron chi connectivity index (χ1n) is 8.82. The quantitative estimate of drug-likeness (QED) is 0.204. The predicted molar refractivity (Wildman–Crippen MR) is 74.0 cm³/mol. The van der Waals surface area contributed by atoms with Crippen molar-refractivity contribution >= 4 is 0 Å². The average Bonchev–Trinajstić information content (AvgIpc) is 2.67. The Kier molecular flexibility index (Phi) is 11.1. The van der Waals surface area contributed by atoms with Gasteiger partial charge in [-0.25, -0.2) is 32.1 Å². The predicted octanol–water partition coefficient (Wildman–Crippen LogP) is 5.62. The molecule has 0 saturated heterocycles. The molecule has 0 fully saturated rings. The van der Waals surface area contributed by atoms with Gasteiger partial charge in [0.2, 0.25) is 0 Å². The van der Waals surface area contributed by atoms with Crippen molar-refractivity contribution in [1.82, 2.24) is 0 Å². The number of rotatable bonds is 16. The summed E-state index contributed by atoms with van der Waals surface area (Å²) in [7, 11) is 0. The van der Waals surface area contributed by atoms with Crippen molar-refractivity contribution in [3.63, 3.8) is 0 Å². The molecule has 7 nitrogen and oxygen atoms in total. The number of halogens is 22. The van der Waals surface area contributed by atoms with Crippen LogP contribution in [0.1, 0.15) is 0 Å². The molecule has 0 aliphatic rings. The van der Waals surface area contributed by atoms with Crippen LogP contribution in [0.3, 0.4) is 0 Å². The maximum Gasteiger partial charge on any atom is 0.527 e. The highest BCUT2D eigenvalue weighted by Crippen LogP contribution is 2.53. The fourth-order valence-electron chi connectivity index (χ4n) is 1.68. The molecule has 0 spiro atoms. The molecule has 2 unspecified atom stereocenters. The molecule has 2 atom stereocenters. The smallest absolute Gasteiger partial charge is 0.393 e. The largest absolute Gasteiger partial charge is 0.527 e. The SMILES string of the molecule is OCC(O)C(F)(OC(F)(F)C(F)(F)OC(F)(F)C(F)(F)OC(F)(F)C(F)(F)OC(F)(F)C(F)(F)OC(F)(F)F)C(F)F. The van der Waals surface area contributed by atoms with E-state index in [1.54, 1.807) is 0 Å². The van der Waals surface area contributed by atoms with Gasteiger partial charge in [0, 0.05) is 0 Å². The molecule has 0 aliphatic heterocycles. The number of aliphatic hydroxyl groups is 2. The average molecular weight is 692 g/mol. The van der Waals surface area contributed by atoms with E-state index in [1.807, 2.05) is 0 Å². The number of ether oxygens (including phenoxy) is 5. The van der Waals surface area contributed by atoms with Crippen LogP contribution in [0.15, 0.2) is 0 Å². The van der Waals surface area contributed by atoms with Crippen molar-refractivity contribution in [1.29, 1.82) is 0 Å². The van der Waals surface area contributed by atoms with Gasteiger partial charge in [-0.05, 0) is 0 Å². The summed E-state index contributed by atoms with van der Waals surface area (Å²) >= 11 is 0. The van der Waals surface area contributed by atoms with Crippen LogP contribution >= 0.6 is 0 Å². The van der Waals surface area contributed by atoms with Crippen molar-refractivity contribution in [2.24, 2.45) is 0 Å². The Balaban J connectivity index is 6.20. The van der Waals surface area contributed by atoms with E-state index >= 15 is 0 Å². The minimum Gasteiger partial charge on any atom is -0.393 e. The summed E-state index contributed by atoms with van der Waals surface area (Å²) in [4.78, 5) is 0. The summed E-state index contributed by atoms with van der Waals surface area (Å²) < 4.78 is 292. The molecule has 42 heavy (non-hydrogen) atoms. The molecular weight excluding hydrogens is 686 g/mol. The van der Waals surface area contributed by atoms with Gasteiger partial charge in [-0.15, -0.1) is 13.2 Å². The highest BCUT2D eigenvalue weighted by atomic mass is 19.4. The van der Waals surface area contributed by atoms with E-state index in [4.69, 9.17) is 10.2 Å². The van der Waals surface area contributed by atoms with Gasteiger partial charge in [0.05, 0.1) is 6.61 Å². The third-order valence-corrected chi connectivity index (χ3v) is 3.58. The Labute approximate surface area is 212 Å². The highest BCUT2D eigenvalue weighted by Gasteiger charge is 2.79. The second kappa shape index (κ2) is 11.6. The van der Waals surface area contributed by atoms with Crippen LogP contribution in [-0.4, -0.2) is 90.4 Å². The standard InChI is InChI=1S/C13H6F22O7/c14-3(15)4(16,2(37)1-36)38-5(17,18)6(19,20)39-7(21,22)8(23,24)40-9(25,26)10(27,28)41-11(29,30)12(31,32)42-13(33,34)35/h2-3,36-37H,1H2. The fourth-order valence-corrected chi connectivity index (χ4v) is 1.68. The normalized spacial score (nSPS) is 17.9. The molecule has 0 aromatic carbocycles. The molecule has 0 aromatic rings. The van der Waals surface area contributed by atoms with E-state index in [0.29, 0.717) is 0 Å². The lowest BCUT2D eigenvalue weighted by atomic mass is 10.2. The molecule has 0 heterocycles. The Hall–Kier alpha value is -1.82. The molecular formula is C13H6F22O7. The molecule has 0 radical (unpaired) electrons. The molecule has 2 N–H and O–H groups in total. The van der Waals surface area contributed by atoms with Crippen LogP contribution < -0.4 is 0 Å². The monoisotopic (exact) mass is 692 g/mol. The van der Waals surface area contributed by atoms with Crippen molar-refractivity contribution in [2.45, 2.75) is 73.6 Å². The minimum absolute atomic E-state index is 1.22. The van der Waals surface area contributed by atoms with Crippen molar-refractivity contribution in [3.05, 3.63) is 0 Å². The maximum absolute atomic E-state index is 13.7. The Bertz CT molecular complexity index is 906. The first-order valence-corrected chi connectivity index (χ1v) is 8.82. The zero-order valence-electron chi connectivity index (χ0n) is 18.1. The summed E-state index contributed by atoms with van der Waals surface area (Å²) in [6, 6.07) is 0. The Morgan fingerprint density at radius 1 is 0.405 bits per heavy atom. The molecule has 254 valence electrons. The van der Waals surface area contributed by atoms with E-state index in [9.17, 15) is 96.6 Å². The zero-order valence-corrected chi connectivity index (χ0v) is 18.1. The van der Waals surface area contributed by atoms with Gasteiger partial charge in [-0.3, -0.25) is 4.74 Å². The molecule has 0 rings (SSSR count). The van der Waals surface area contributed by atoms with Crippen LogP contribution in [0.5, 0.6) is 0 Å². The van der Waals surface area contributed by atoms with Gasteiger partial charge in [0.1, 0.15) is 6.10 Å². The van der Waals surface area contributed by atoms with E-state index in [-0.39, 0.29) is 0 Å². The number of alkyl halides is 22. The number of hydrogen-bond donors (Lipinski definition) is 2. The summed E-state index contributed by atoms with van der Waals surface area (Å²) in [6.07, 6.45) is -78.2. The highest BCUT2D eigenvalue weighted by molar-refractivity contribution is 4.85. The maximum atomic E-state index is 13.7. The van der Waals surface area contributed by atoms with E-state index < -0.39 is 80.2 Å².